The third-order valence-corrected chi connectivity index (χ3v) is 1.91. The van der Waals surface area contributed by atoms with Crippen LogP contribution < -0.4 is 0 Å². The maximum Gasteiger partial charge on any atom is 0.182 e. The average Bonchev–Trinajstić information content (AvgIpc) is 2.11. The van der Waals surface area contributed by atoms with Crippen LogP contribution in [0.25, 0.3) is 0 Å². The van der Waals surface area contributed by atoms with Crippen LogP contribution in [0, 0.1) is 5.92 Å². The molecule has 0 saturated heterocycles. The first-order chi connectivity index (χ1) is 6.13. The van der Waals surface area contributed by atoms with Crippen LogP contribution in [0.2, 0.25) is 0 Å². The Morgan fingerprint density at radius 3 is 2.69 bits per heavy atom. The Morgan fingerprint density at radius 1 is 1.38 bits per heavy atom. The molecular formula is C10H12O3. The number of carbonyl (C=O) groups is 2. The Labute approximate surface area is 76.8 Å². The van der Waals surface area contributed by atoms with Gasteiger partial charge in [-0.2, -0.15) is 0 Å². The molecule has 0 aromatic carbocycles. The van der Waals surface area contributed by atoms with E-state index in [0.717, 1.165) is 0 Å². The zero-order valence-electron chi connectivity index (χ0n) is 7.49. The van der Waals surface area contributed by atoms with E-state index in [1.54, 1.807) is 0 Å². The van der Waals surface area contributed by atoms with Gasteiger partial charge in [-0.3, -0.25) is 9.59 Å². The topological polar surface area (TPSA) is 54.4 Å². The zero-order chi connectivity index (χ0) is 9.84. The fourth-order valence-corrected chi connectivity index (χ4v) is 1.16. The highest BCUT2D eigenvalue weighted by molar-refractivity contribution is 6.17. The minimum Gasteiger partial charge on any atom is -0.396 e. The highest BCUT2D eigenvalue weighted by Crippen LogP contribution is 2.15. The van der Waals surface area contributed by atoms with Gasteiger partial charge in [0, 0.05) is 12.2 Å². The molecule has 1 N–H and O–H groups in total. The molecule has 1 aliphatic rings. The highest BCUT2D eigenvalue weighted by Gasteiger charge is 2.15. The maximum absolute atomic E-state index is 11.2. The summed E-state index contributed by atoms with van der Waals surface area (Å²) in [6.07, 6.45) is 4.34. The molecule has 3 nitrogen and oxygen atoms in total. The molecule has 13 heavy (non-hydrogen) atoms. The number of carbonyl (C=O) groups excluding carboxylic acids is 2. The lowest BCUT2D eigenvalue weighted by Gasteiger charge is -2.10. The number of ketones is 2. The van der Waals surface area contributed by atoms with Gasteiger partial charge in [-0.25, -0.2) is 0 Å². The number of aliphatic hydroxyl groups is 1. The van der Waals surface area contributed by atoms with Crippen LogP contribution in [0.1, 0.15) is 13.3 Å². The van der Waals surface area contributed by atoms with Crippen LogP contribution in [0.5, 0.6) is 0 Å². The van der Waals surface area contributed by atoms with Crippen LogP contribution in [-0.2, 0) is 9.59 Å². The lowest BCUT2D eigenvalue weighted by Crippen LogP contribution is -2.12. The van der Waals surface area contributed by atoms with Crippen LogP contribution in [-0.4, -0.2) is 23.3 Å². The van der Waals surface area contributed by atoms with Crippen molar-refractivity contribution in [2.75, 3.05) is 6.61 Å². The molecule has 0 aromatic heterocycles. The van der Waals surface area contributed by atoms with Crippen LogP contribution in [0.3, 0.4) is 0 Å². The minimum atomic E-state index is -0.153. The van der Waals surface area contributed by atoms with Crippen molar-refractivity contribution < 1.29 is 14.7 Å². The van der Waals surface area contributed by atoms with Gasteiger partial charge in [0.1, 0.15) is 0 Å². The average molecular weight is 180 g/mol. The van der Waals surface area contributed by atoms with Gasteiger partial charge >= 0.3 is 0 Å². The standard InChI is InChI=1S/C10H12O3/c1-7(6-11)4-8-5-9(12)2-3-10(8)13/h2-3,5,7,11H,4,6H2,1H3. The predicted molar refractivity (Wildman–Crippen MR) is 48.1 cm³/mol. The second-order valence-electron chi connectivity index (χ2n) is 3.26. The fraction of sp³-hybridized carbons (Fsp3) is 0.400. The van der Waals surface area contributed by atoms with Crippen molar-refractivity contribution in [1.82, 2.24) is 0 Å². The van der Waals surface area contributed by atoms with Crippen molar-refractivity contribution in [3.8, 4) is 0 Å². The van der Waals surface area contributed by atoms with Crippen molar-refractivity contribution in [3.63, 3.8) is 0 Å². The van der Waals surface area contributed by atoms with E-state index in [2.05, 4.69) is 0 Å². The molecule has 0 heterocycles. The third-order valence-electron chi connectivity index (χ3n) is 1.91. The normalized spacial score (nSPS) is 18.8. The second kappa shape index (κ2) is 4.14. The summed E-state index contributed by atoms with van der Waals surface area (Å²) in [5.41, 5.74) is 0.494. The summed E-state index contributed by atoms with van der Waals surface area (Å²) in [4.78, 5) is 22.1. The maximum atomic E-state index is 11.2. The van der Waals surface area contributed by atoms with Gasteiger partial charge in [0.2, 0.25) is 0 Å². The van der Waals surface area contributed by atoms with Gasteiger partial charge in [0.05, 0.1) is 0 Å². The first-order valence-corrected chi connectivity index (χ1v) is 4.21. The smallest absolute Gasteiger partial charge is 0.182 e. The molecule has 1 atom stereocenters. The second-order valence-corrected chi connectivity index (χ2v) is 3.26. The SMILES string of the molecule is CC(CO)CC1=CC(=O)C=CC1=O. The molecule has 0 saturated carbocycles. The quantitative estimate of drug-likeness (QED) is 0.648. The highest BCUT2D eigenvalue weighted by atomic mass is 16.3. The van der Waals surface area contributed by atoms with E-state index in [0.29, 0.717) is 12.0 Å². The molecule has 0 amide bonds. The summed E-state index contributed by atoms with van der Waals surface area (Å²) in [6, 6.07) is 0. The van der Waals surface area contributed by atoms with Gasteiger partial charge in [-0.05, 0) is 30.6 Å². The predicted octanol–water partition coefficient (Wildman–Crippen LogP) is 0.639. The van der Waals surface area contributed by atoms with Crippen molar-refractivity contribution in [1.29, 1.82) is 0 Å². The first kappa shape index (κ1) is 9.86. The van der Waals surface area contributed by atoms with Crippen LogP contribution in [0.15, 0.2) is 23.8 Å². The monoisotopic (exact) mass is 180 g/mol. The van der Waals surface area contributed by atoms with Crippen molar-refractivity contribution in [3.05, 3.63) is 23.8 Å². The lowest BCUT2D eigenvalue weighted by molar-refractivity contribution is -0.114. The molecule has 0 spiro atoms. The van der Waals surface area contributed by atoms with E-state index in [-0.39, 0.29) is 24.1 Å². The molecule has 0 bridgehead atoms. The summed E-state index contributed by atoms with van der Waals surface area (Å²) in [7, 11) is 0. The molecule has 0 radical (unpaired) electrons. The molecule has 1 aliphatic carbocycles. The van der Waals surface area contributed by atoms with E-state index in [1.165, 1.54) is 18.2 Å². The summed E-state index contributed by atoms with van der Waals surface area (Å²) < 4.78 is 0. The minimum absolute atomic E-state index is 0.0227. The van der Waals surface area contributed by atoms with E-state index in [9.17, 15) is 9.59 Å². The molecular weight excluding hydrogens is 168 g/mol. The summed E-state index contributed by atoms with van der Waals surface area (Å²) >= 11 is 0. The Morgan fingerprint density at radius 2 is 2.08 bits per heavy atom. The molecule has 0 aromatic rings. The molecule has 1 unspecified atom stereocenters. The Bertz CT molecular complexity index is 287. The summed E-state index contributed by atoms with van der Waals surface area (Å²) in [6.45, 7) is 1.86. The largest absolute Gasteiger partial charge is 0.396 e. The third kappa shape index (κ3) is 2.63. The first-order valence-electron chi connectivity index (χ1n) is 4.21. The Kier molecular flexibility index (Phi) is 3.14. The van der Waals surface area contributed by atoms with Crippen LogP contribution in [0.4, 0.5) is 0 Å². The summed E-state index contributed by atoms with van der Waals surface area (Å²) in [5.74, 6) is -0.255. The van der Waals surface area contributed by atoms with Crippen molar-refractivity contribution in [2.24, 2.45) is 5.92 Å². The van der Waals surface area contributed by atoms with Crippen molar-refractivity contribution in [2.45, 2.75) is 13.3 Å². The van der Waals surface area contributed by atoms with E-state index in [1.807, 2.05) is 6.92 Å². The number of allylic oxidation sites excluding steroid dienone is 4. The number of aliphatic hydroxyl groups excluding tert-OH is 1. The van der Waals surface area contributed by atoms with Crippen LogP contribution >= 0.6 is 0 Å². The van der Waals surface area contributed by atoms with E-state index >= 15 is 0 Å². The Balaban J connectivity index is 2.68. The fourth-order valence-electron chi connectivity index (χ4n) is 1.16. The van der Waals surface area contributed by atoms with Crippen molar-refractivity contribution >= 4 is 11.6 Å². The molecule has 1 rings (SSSR count). The Hall–Kier alpha value is -1.22. The van der Waals surface area contributed by atoms with Gasteiger partial charge in [-0.15, -0.1) is 0 Å². The molecule has 0 aliphatic heterocycles. The van der Waals surface area contributed by atoms with E-state index in [4.69, 9.17) is 5.11 Å². The lowest BCUT2D eigenvalue weighted by atomic mass is 9.94. The summed E-state index contributed by atoms with van der Waals surface area (Å²) in [5, 5.41) is 8.78. The number of hydrogen-bond donors (Lipinski definition) is 1. The molecule has 70 valence electrons. The van der Waals surface area contributed by atoms with Gasteiger partial charge in [0.15, 0.2) is 11.6 Å². The number of hydrogen-bond acceptors (Lipinski definition) is 3. The van der Waals surface area contributed by atoms with Gasteiger partial charge < -0.3 is 5.11 Å². The molecule has 3 heteroatoms. The number of rotatable bonds is 3. The van der Waals surface area contributed by atoms with Gasteiger partial charge in [-0.1, -0.05) is 6.92 Å². The zero-order valence-corrected chi connectivity index (χ0v) is 7.49. The van der Waals surface area contributed by atoms with Gasteiger partial charge in [0.25, 0.3) is 0 Å². The molecule has 0 fully saturated rings. The van der Waals surface area contributed by atoms with E-state index < -0.39 is 0 Å².